The molecule has 1 saturated carbocycles. The van der Waals surface area contributed by atoms with E-state index in [1.54, 1.807) is 0 Å². The summed E-state index contributed by atoms with van der Waals surface area (Å²) in [6.07, 6.45) is 5.82. The van der Waals surface area contributed by atoms with Crippen LogP contribution in [0.25, 0.3) is 0 Å². The minimum absolute atomic E-state index is 0.138. The molecule has 2 saturated heterocycles. The topological polar surface area (TPSA) is 92.3 Å². The van der Waals surface area contributed by atoms with Crippen LogP contribution in [0.1, 0.15) is 62.1 Å². The Kier molecular flexibility index (Phi) is 5.22. The molecule has 0 atom stereocenters. The van der Waals surface area contributed by atoms with Gasteiger partial charge < -0.3 is 25.4 Å². The molecule has 3 fully saturated rings. The van der Waals surface area contributed by atoms with Gasteiger partial charge in [0.25, 0.3) is 0 Å². The van der Waals surface area contributed by atoms with Crippen molar-refractivity contribution in [3.05, 3.63) is 11.6 Å². The van der Waals surface area contributed by atoms with Crippen molar-refractivity contribution in [1.82, 2.24) is 29.9 Å². The van der Waals surface area contributed by atoms with Crippen LogP contribution >= 0.6 is 0 Å². The number of nitrogens with one attached hydrogen (secondary N) is 1. The van der Waals surface area contributed by atoms with Gasteiger partial charge in [-0.2, -0.15) is 0 Å². The van der Waals surface area contributed by atoms with E-state index >= 15 is 0 Å². The van der Waals surface area contributed by atoms with E-state index in [1.165, 1.54) is 12.8 Å². The van der Waals surface area contributed by atoms with Crippen LogP contribution in [0.2, 0.25) is 0 Å². The van der Waals surface area contributed by atoms with E-state index in [1.807, 2.05) is 4.90 Å². The Hall–Kier alpha value is -1.51. The van der Waals surface area contributed by atoms with Gasteiger partial charge in [-0.15, -0.1) is 10.2 Å². The summed E-state index contributed by atoms with van der Waals surface area (Å²) in [5, 5.41) is 12.4. The van der Waals surface area contributed by atoms with Gasteiger partial charge in [-0.3, -0.25) is 4.79 Å². The van der Waals surface area contributed by atoms with Crippen molar-refractivity contribution in [1.29, 1.82) is 0 Å². The van der Waals surface area contributed by atoms with Crippen LogP contribution in [0, 0.1) is 0 Å². The first-order valence-electron chi connectivity index (χ1n) is 10.4. The third-order valence-corrected chi connectivity index (χ3v) is 6.23. The number of carbonyl (C=O) groups is 1. The first-order valence-corrected chi connectivity index (χ1v) is 10.4. The van der Waals surface area contributed by atoms with Gasteiger partial charge in [0.1, 0.15) is 11.6 Å². The van der Waals surface area contributed by atoms with Crippen LogP contribution in [0.4, 0.5) is 0 Å². The van der Waals surface area contributed by atoms with Gasteiger partial charge in [-0.05, 0) is 65.7 Å². The fraction of sp³-hybridized carbons (Fsp3) is 0.842. The van der Waals surface area contributed by atoms with Crippen molar-refractivity contribution in [3.63, 3.8) is 0 Å². The van der Waals surface area contributed by atoms with Crippen LogP contribution in [0.15, 0.2) is 0 Å². The minimum Gasteiger partial charge on any atom is -0.341 e. The maximum atomic E-state index is 13.0. The maximum absolute atomic E-state index is 13.0. The monoisotopic (exact) mass is 375 g/mol. The molecule has 0 unspecified atom stereocenters. The van der Waals surface area contributed by atoms with Gasteiger partial charge in [0.05, 0.1) is 12.1 Å². The van der Waals surface area contributed by atoms with Gasteiger partial charge in [0.2, 0.25) is 5.91 Å². The summed E-state index contributed by atoms with van der Waals surface area (Å²) >= 11 is 0. The number of rotatable bonds is 5. The number of hydrogen-bond acceptors (Lipinski definition) is 6. The van der Waals surface area contributed by atoms with Crippen molar-refractivity contribution in [3.8, 4) is 0 Å². The Bertz CT molecular complexity index is 668. The number of amides is 1. The quantitative estimate of drug-likeness (QED) is 0.777. The van der Waals surface area contributed by atoms with Crippen molar-refractivity contribution >= 4 is 5.91 Å². The molecule has 0 aromatic carbocycles. The normalized spacial score (nSPS) is 23.8. The third kappa shape index (κ3) is 3.88. The van der Waals surface area contributed by atoms with E-state index in [2.05, 4.69) is 39.1 Å². The predicted octanol–water partition coefficient (Wildman–Crippen LogP) is 0.462. The highest BCUT2D eigenvalue weighted by Gasteiger charge is 2.40. The number of piperidine rings is 2. The van der Waals surface area contributed by atoms with Crippen LogP contribution < -0.4 is 11.1 Å². The zero-order valence-corrected chi connectivity index (χ0v) is 16.7. The number of nitrogens with two attached hydrogens (primary N) is 1. The lowest BCUT2D eigenvalue weighted by atomic mass is 9.86. The highest BCUT2D eigenvalue weighted by atomic mass is 16.2. The average molecular weight is 376 g/mol. The van der Waals surface area contributed by atoms with Crippen LogP contribution in [-0.2, 0) is 11.3 Å². The summed E-state index contributed by atoms with van der Waals surface area (Å²) in [4.78, 5) is 17.1. The minimum atomic E-state index is -0.676. The molecule has 1 aliphatic carbocycles. The summed E-state index contributed by atoms with van der Waals surface area (Å²) in [6, 6.07) is 0.576. The molecule has 2 aliphatic heterocycles. The van der Waals surface area contributed by atoms with Gasteiger partial charge in [0.15, 0.2) is 0 Å². The van der Waals surface area contributed by atoms with E-state index in [9.17, 15) is 4.79 Å². The SMILES string of the molecule is CN(C)Cc1nnc(C2CCN(C(=O)C3(N)CCNCC3)CC2)n1C1CC1. The Morgan fingerprint density at radius 3 is 2.44 bits per heavy atom. The lowest BCUT2D eigenvalue weighted by Crippen LogP contribution is -2.60. The molecular formula is C19H33N7O. The fourth-order valence-corrected chi connectivity index (χ4v) is 4.48. The molecular weight excluding hydrogens is 342 g/mol. The Labute approximate surface area is 161 Å². The molecule has 3 aliphatic rings. The van der Waals surface area contributed by atoms with E-state index in [-0.39, 0.29) is 5.91 Å². The van der Waals surface area contributed by atoms with Crippen molar-refractivity contribution in [2.45, 2.75) is 62.6 Å². The lowest BCUT2D eigenvalue weighted by Gasteiger charge is -2.40. The first kappa shape index (κ1) is 18.8. The number of carbonyl (C=O) groups excluding carboxylic acids is 1. The maximum Gasteiger partial charge on any atom is 0.242 e. The second-order valence-corrected chi connectivity index (χ2v) is 8.79. The molecule has 3 heterocycles. The largest absolute Gasteiger partial charge is 0.341 e. The molecule has 8 nitrogen and oxygen atoms in total. The number of nitrogens with zero attached hydrogens (tertiary/aromatic N) is 5. The summed E-state index contributed by atoms with van der Waals surface area (Å²) in [6.45, 7) is 4.03. The van der Waals surface area contributed by atoms with Gasteiger partial charge in [0, 0.05) is 25.0 Å². The first-order chi connectivity index (χ1) is 13.0. The Morgan fingerprint density at radius 1 is 1.19 bits per heavy atom. The van der Waals surface area contributed by atoms with Crippen LogP contribution in [0.3, 0.4) is 0 Å². The van der Waals surface area contributed by atoms with Crippen LogP contribution in [0.5, 0.6) is 0 Å². The second kappa shape index (κ2) is 7.48. The van der Waals surface area contributed by atoms with E-state index in [4.69, 9.17) is 5.73 Å². The molecule has 0 bridgehead atoms. The second-order valence-electron chi connectivity index (χ2n) is 8.79. The highest BCUT2D eigenvalue weighted by Crippen LogP contribution is 2.40. The zero-order chi connectivity index (χ0) is 19.0. The molecule has 3 N–H and O–H groups in total. The van der Waals surface area contributed by atoms with Crippen molar-refractivity contribution in [2.24, 2.45) is 5.73 Å². The number of hydrogen-bond donors (Lipinski definition) is 2. The van der Waals surface area contributed by atoms with Gasteiger partial charge in [-0.25, -0.2) is 0 Å². The lowest BCUT2D eigenvalue weighted by molar-refractivity contribution is -0.139. The van der Waals surface area contributed by atoms with Gasteiger partial charge in [-0.1, -0.05) is 0 Å². The fourth-order valence-electron chi connectivity index (χ4n) is 4.48. The van der Waals surface area contributed by atoms with Crippen molar-refractivity contribution in [2.75, 3.05) is 40.3 Å². The summed E-state index contributed by atoms with van der Waals surface area (Å²) in [5.74, 6) is 2.73. The van der Waals surface area contributed by atoms with Crippen molar-refractivity contribution < 1.29 is 4.79 Å². The Morgan fingerprint density at radius 2 is 1.85 bits per heavy atom. The molecule has 150 valence electrons. The highest BCUT2D eigenvalue weighted by molar-refractivity contribution is 5.86. The molecule has 1 aromatic rings. The molecule has 0 spiro atoms. The number of aromatic nitrogens is 3. The van der Waals surface area contributed by atoms with Gasteiger partial charge >= 0.3 is 0 Å². The van der Waals surface area contributed by atoms with E-state index in [0.717, 1.165) is 70.1 Å². The zero-order valence-electron chi connectivity index (χ0n) is 16.7. The predicted molar refractivity (Wildman–Crippen MR) is 103 cm³/mol. The number of likely N-dealkylation sites (tertiary alicyclic amines) is 1. The third-order valence-electron chi connectivity index (χ3n) is 6.23. The molecule has 27 heavy (non-hydrogen) atoms. The summed E-state index contributed by atoms with van der Waals surface area (Å²) in [7, 11) is 4.14. The summed E-state index contributed by atoms with van der Waals surface area (Å²) < 4.78 is 2.39. The summed E-state index contributed by atoms with van der Waals surface area (Å²) in [5.41, 5.74) is 5.76. The van der Waals surface area contributed by atoms with E-state index < -0.39 is 5.54 Å². The molecule has 4 rings (SSSR count). The van der Waals surface area contributed by atoms with Crippen LogP contribution in [-0.4, -0.2) is 76.3 Å². The standard InChI is InChI=1S/C19H33N7O/c1-24(2)13-16-22-23-17(26(16)15-3-4-15)14-5-11-25(12-6-14)18(27)19(20)7-9-21-10-8-19/h14-15,21H,3-13,20H2,1-2H3. The smallest absolute Gasteiger partial charge is 0.242 e. The molecule has 1 aromatic heterocycles. The molecule has 0 radical (unpaired) electrons. The molecule has 1 amide bonds. The molecule has 8 heteroatoms. The average Bonchev–Trinajstić information content (AvgIpc) is 3.42. The van der Waals surface area contributed by atoms with E-state index in [0.29, 0.717) is 12.0 Å². The Balaban J connectivity index is 1.42.